The lowest BCUT2D eigenvalue weighted by Crippen LogP contribution is -2.64. The van der Waals surface area contributed by atoms with Gasteiger partial charge in [-0.1, -0.05) is 36.7 Å². The van der Waals surface area contributed by atoms with Crippen LogP contribution in [0.15, 0.2) is 71.2 Å². The minimum atomic E-state index is -1.95. The van der Waals surface area contributed by atoms with E-state index in [-0.39, 0.29) is 28.3 Å². The predicted octanol–water partition coefficient (Wildman–Crippen LogP) is 5.35. The average molecular weight is 585 g/mol. The molecule has 0 bridgehead atoms. The van der Waals surface area contributed by atoms with Crippen molar-refractivity contribution in [3.8, 4) is 5.75 Å². The van der Waals surface area contributed by atoms with E-state index in [1.165, 1.54) is 43.5 Å². The van der Waals surface area contributed by atoms with Gasteiger partial charge in [0, 0.05) is 28.4 Å². The van der Waals surface area contributed by atoms with Gasteiger partial charge in [0.05, 0.1) is 17.0 Å². The molecule has 0 aromatic heterocycles. The quantitative estimate of drug-likeness (QED) is 0.276. The fourth-order valence-corrected chi connectivity index (χ4v) is 4.75. The Labute approximate surface area is 226 Å². The van der Waals surface area contributed by atoms with E-state index in [1.54, 1.807) is 45.0 Å². The van der Waals surface area contributed by atoms with Crippen molar-refractivity contribution in [3.63, 3.8) is 0 Å². The molecule has 2 amide bonds. The number of nitro benzene ring substituents is 2. The number of hydrogen-bond donors (Lipinski definition) is 1. The molecule has 38 heavy (non-hydrogen) atoms. The largest absolute Gasteiger partial charge is 0.497 e. The van der Waals surface area contributed by atoms with E-state index >= 15 is 0 Å². The third-order valence-corrected chi connectivity index (χ3v) is 6.72. The first-order valence-electron chi connectivity index (χ1n) is 11.2. The van der Waals surface area contributed by atoms with Crippen LogP contribution in [0.3, 0.4) is 0 Å². The SMILES string of the molecule is COc1ccc([N+](=O)[O-])c(C(=O)N(c2ccc(Br)cc2)C(C(N)=O)(c2ccc([N+](=O)[O-])cc2)C(C)(C)C)c1. The van der Waals surface area contributed by atoms with Crippen molar-refractivity contribution >= 4 is 44.8 Å². The number of non-ortho nitro benzene ring substituents is 1. The van der Waals surface area contributed by atoms with Crippen molar-refractivity contribution in [3.05, 3.63) is 103 Å². The van der Waals surface area contributed by atoms with E-state index in [1.807, 2.05) is 0 Å². The van der Waals surface area contributed by atoms with E-state index in [4.69, 9.17) is 10.5 Å². The van der Waals surface area contributed by atoms with E-state index in [0.29, 0.717) is 4.47 Å². The van der Waals surface area contributed by atoms with Crippen molar-refractivity contribution in [2.75, 3.05) is 12.0 Å². The molecule has 0 aliphatic rings. The molecule has 1 atom stereocenters. The maximum absolute atomic E-state index is 14.4. The zero-order chi connectivity index (χ0) is 28.4. The van der Waals surface area contributed by atoms with Gasteiger partial charge >= 0.3 is 0 Å². The second-order valence-corrected chi connectivity index (χ2v) is 10.3. The highest BCUT2D eigenvalue weighted by molar-refractivity contribution is 9.10. The molecule has 198 valence electrons. The maximum atomic E-state index is 14.4. The highest BCUT2D eigenvalue weighted by Crippen LogP contribution is 2.48. The predicted molar refractivity (Wildman–Crippen MR) is 144 cm³/mol. The average Bonchev–Trinajstić information content (AvgIpc) is 2.86. The number of carbonyl (C=O) groups excluding carboxylic acids is 2. The number of nitrogens with zero attached hydrogens (tertiary/aromatic N) is 3. The molecule has 0 fully saturated rings. The number of carbonyl (C=O) groups is 2. The van der Waals surface area contributed by atoms with Crippen molar-refractivity contribution in [2.45, 2.75) is 26.3 Å². The summed E-state index contributed by atoms with van der Waals surface area (Å²) >= 11 is 3.35. The topological polar surface area (TPSA) is 159 Å². The van der Waals surface area contributed by atoms with Gasteiger partial charge in [-0.05, 0) is 59.5 Å². The number of amides is 2. The van der Waals surface area contributed by atoms with Gasteiger partial charge in [0.1, 0.15) is 11.3 Å². The Morgan fingerprint density at radius 2 is 1.50 bits per heavy atom. The molecule has 0 saturated heterocycles. The summed E-state index contributed by atoms with van der Waals surface area (Å²) in [5.41, 5.74) is 2.34. The number of nitrogens with two attached hydrogens (primary N) is 1. The number of benzene rings is 3. The van der Waals surface area contributed by atoms with Crippen molar-refractivity contribution in [2.24, 2.45) is 11.1 Å². The summed E-state index contributed by atoms with van der Waals surface area (Å²) in [6.45, 7) is 5.04. The molecule has 11 nitrogen and oxygen atoms in total. The maximum Gasteiger partial charge on any atom is 0.282 e. The fourth-order valence-electron chi connectivity index (χ4n) is 4.49. The third kappa shape index (κ3) is 4.94. The standard InChI is InChI=1S/C26H25BrN4O7/c1-25(2,3)26(24(28)33,16-5-9-19(10-6-16)30(34)35)29(18-11-7-17(27)8-12-18)23(32)21-15-20(38-4)13-14-22(21)31(36)37/h5-15H,1-4H3,(H2,28,33). The van der Waals surface area contributed by atoms with Crippen LogP contribution in [0, 0.1) is 25.6 Å². The smallest absolute Gasteiger partial charge is 0.282 e. The van der Waals surface area contributed by atoms with Crippen molar-refractivity contribution in [1.82, 2.24) is 0 Å². The Morgan fingerprint density at radius 3 is 1.95 bits per heavy atom. The molecule has 0 spiro atoms. The minimum Gasteiger partial charge on any atom is -0.497 e. The molecule has 3 aromatic carbocycles. The number of methoxy groups -OCH3 is 1. The molecule has 12 heteroatoms. The Balaban J connectivity index is 2.47. The monoisotopic (exact) mass is 584 g/mol. The molecular weight excluding hydrogens is 560 g/mol. The third-order valence-electron chi connectivity index (χ3n) is 6.19. The Bertz CT molecular complexity index is 1400. The molecule has 2 N–H and O–H groups in total. The lowest BCUT2D eigenvalue weighted by molar-refractivity contribution is -0.385. The first-order valence-corrected chi connectivity index (χ1v) is 12.0. The van der Waals surface area contributed by atoms with Crippen LogP contribution >= 0.6 is 15.9 Å². The van der Waals surface area contributed by atoms with Crippen LogP contribution in [0.5, 0.6) is 5.75 Å². The Kier molecular flexibility index (Phi) is 7.87. The van der Waals surface area contributed by atoms with Crippen LogP contribution in [0.25, 0.3) is 0 Å². The molecule has 0 aliphatic carbocycles. The zero-order valence-electron chi connectivity index (χ0n) is 21.0. The van der Waals surface area contributed by atoms with Crippen molar-refractivity contribution in [1.29, 1.82) is 0 Å². The van der Waals surface area contributed by atoms with Crippen LogP contribution in [-0.4, -0.2) is 28.8 Å². The fraction of sp³-hybridized carbons (Fsp3) is 0.231. The van der Waals surface area contributed by atoms with Gasteiger partial charge < -0.3 is 10.5 Å². The van der Waals surface area contributed by atoms with E-state index in [2.05, 4.69) is 15.9 Å². The van der Waals surface area contributed by atoms with Gasteiger partial charge in [0.25, 0.3) is 17.3 Å². The van der Waals surface area contributed by atoms with E-state index in [9.17, 15) is 29.8 Å². The first-order chi connectivity index (χ1) is 17.7. The summed E-state index contributed by atoms with van der Waals surface area (Å²) in [5, 5.41) is 23.2. The zero-order valence-corrected chi connectivity index (χ0v) is 22.6. The van der Waals surface area contributed by atoms with Crippen LogP contribution in [0.2, 0.25) is 0 Å². The number of rotatable bonds is 8. The molecule has 0 heterocycles. The number of anilines is 1. The van der Waals surface area contributed by atoms with Gasteiger partial charge in [0.2, 0.25) is 5.91 Å². The number of hydrogen-bond acceptors (Lipinski definition) is 7. The molecule has 0 saturated carbocycles. The lowest BCUT2D eigenvalue weighted by Gasteiger charge is -2.50. The van der Waals surface area contributed by atoms with Crippen LogP contribution < -0.4 is 15.4 Å². The second kappa shape index (κ2) is 10.6. The molecule has 3 rings (SSSR count). The normalized spacial score (nSPS) is 12.8. The molecule has 0 radical (unpaired) electrons. The van der Waals surface area contributed by atoms with E-state index in [0.717, 1.165) is 11.0 Å². The van der Waals surface area contributed by atoms with Crippen LogP contribution in [0.1, 0.15) is 36.7 Å². The second-order valence-electron chi connectivity index (χ2n) is 9.39. The summed E-state index contributed by atoms with van der Waals surface area (Å²) in [7, 11) is 1.35. The summed E-state index contributed by atoms with van der Waals surface area (Å²) < 4.78 is 5.88. The van der Waals surface area contributed by atoms with Gasteiger partial charge in [-0.15, -0.1) is 0 Å². The highest BCUT2D eigenvalue weighted by atomic mass is 79.9. The number of halogens is 1. The van der Waals surface area contributed by atoms with Crippen LogP contribution in [0.4, 0.5) is 17.1 Å². The first kappa shape index (κ1) is 28.3. The van der Waals surface area contributed by atoms with Crippen LogP contribution in [-0.2, 0) is 10.3 Å². The molecular formula is C26H25BrN4O7. The van der Waals surface area contributed by atoms with Gasteiger partial charge in [0.15, 0.2) is 5.54 Å². The van der Waals surface area contributed by atoms with E-state index < -0.39 is 38.3 Å². The van der Waals surface area contributed by atoms with Gasteiger partial charge in [-0.25, -0.2) is 0 Å². The van der Waals surface area contributed by atoms with Gasteiger partial charge in [-0.3, -0.25) is 34.7 Å². The minimum absolute atomic E-state index is 0.185. The number of ether oxygens (including phenoxy) is 1. The summed E-state index contributed by atoms with van der Waals surface area (Å²) in [5.74, 6) is -1.66. The molecule has 1 unspecified atom stereocenters. The summed E-state index contributed by atoms with van der Waals surface area (Å²) in [6, 6.07) is 15.2. The highest BCUT2D eigenvalue weighted by Gasteiger charge is 2.56. The summed E-state index contributed by atoms with van der Waals surface area (Å²) in [6.07, 6.45) is 0. The lowest BCUT2D eigenvalue weighted by atomic mass is 9.67. The molecule has 0 aliphatic heterocycles. The Hall–Kier alpha value is -4.32. The summed E-state index contributed by atoms with van der Waals surface area (Å²) in [4.78, 5) is 51.0. The number of primary amides is 1. The Morgan fingerprint density at radius 1 is 0.921 bits per heavy atom. The number of nitro groups is 2. The van der Waals surface area contributed by atoms with Gasteiger partial charge in [-0.2, -0.15) is 0 Å². The van der Waals surface area contributed by atoms with Crippen molar-refractivity contribution < 1.29 is 24.2 Å². The molecule has 3 aromatic rings.